The molecule has 3 N–H and O–H groups in total. The van der Waals surface area contributed by atoms with Crippen molar-refractivity contribution in [2.45, 2.75) is 38.3 Å². The number of amides is 1. The second kappa shape index (κ2) is 7.11. The summed E-state index contributed by atoms with van der Waals surface area (Å²) in [4.78, 5) is 11.8. The lowest BCUT2D eigenvalue weighted by Gasteiger charge is -2.27. The molecule has 0 bridgehead atoms. The quantitative estimate of drug-likeness (QED) is 0.754. The Kier molecular flexibility index (Phi) is 4.95. The van der Waals surface area contributed by atoms with Crippen LogP contribution in [0, 0.1) is 5.92 Å². The van der Waals surface area contributed by atoms with E-state index >= 15 is 0 Å². The lowest BCUT2D eigenvalue weighted by molar-refractivity contribution is -0.117. The van der Waals surface area contributed by atoms with Crippen LogP contribution in [-0.4, -0.2) is 37.7 Å². The molecule has 0 radical (unpaired) electrons. The predicted octanol–water partition coefficient (Wildman–Crippen LogP) is 2.21. The van der Waals surface area contributed by atoms with Crippen molar-refractivity contribution in [1.29, 1.82) is 0 Å². The van der Waals surface area contributed by atoms with Gasteiger partial charge in [0.2, 0.25) is 5.91 Å². The monoisotopic (exact) mass is 303 g/mol. The Labute approximate surface area is 131 Å². The number of hydrogen-bond donors (Lipinski definition) is 3. The highest BCUT2D eigenvalue weighted by Gasteiger charge is 2.29. The first-order valence-electron chi connectivity index (χ1n) is 8.19. The van der Waals surface area contributed by atoms with E-state index in [0.29, 0.717) is 12.1 Å². The summed E-state index contributed by atoms with van der Waals surface area (Å²) in [7, 11) is 0. The van der Waals surface area contributed by atoms with Crippen LogP contribution in [0.2, 0.25) is 0 Å². The second-order valence-electron chi connectivity index (χ2n) is 6.35. The molecule has 1 aliphatic carbocycles. The van der Waals surface area contributed by atoms with Gasteiger partial charge in [0.05, 0.1) is 13.2 Å². The number of anilines is 2. The largest absolute Gasteiger partial charge is 0.382 e. The first-order chi connectivity index (χ1) is 10.7. The van der Waals surface area contributed by atoms with E-state index in [0.717, 1.165) is 50.4 Å². The van der Waals surface area contributed by atoms with Gasteiger partial charge in [-0.25, -0.2) is 0 Å². The third-order valence-corrected chi connectivity index (χ3v) is 4.13. The number of ether oxygens (including phenoxy) is 1. The molecule has 1 saturated heterocycles. The number of morpholine rings is 1. The fourth-order valence-corrected chi connectivity index (χ4v) is 2.82. The summed E-state index contributed by atoms with van der Waals surface area (Å²) >= 11 is 0. The smallest absolute Gasteiger partial charge is 0.227 e. The average Bonchev–Trinajstić information content (AvgIpc) is 3.33. The van der Waals surface area contributed by atoms with Crippen molar-refractivity contribution in [3.05, 3.63) is 24.3 Å². The molecule has 0 spiro atoms. The van der Waals surface area contributed by atoms with Crippen LogP contribution in [0.15, 0.2) is 24.3 Å². The molecule has 2 aliphatic rings. The van der Waals surface area contributed by atoms with Crippen LogP contribution in [-0.2, 0) is 9.53 Å². The zero-order valence-electron chi connectivity index (χ0n) is 13.1. The molecule has 5 heteroatoms. The highest BCUT2D eigenvalue weighted by atomic mass is 16.5. The van der Waals surface area contributed by atoms with E-state index in [1.54, 1.807) is 0 Å². The van der Waals surface area contributed by atoms with Crippen LogP contribution in [0.3, 0.4) is 0 Å². The van der Waals surface area contributed by atoms with E-state index in [-0.39, 0.29) is 11.8 Å². The third-order valence-electron chi connectivity index (χ3n) is 4.13. The first-order valence-corrected chi connectivity index (χ1v) is 8.19. The molecule has 2 atom stereocenters. The summed E-state index contributed by atoms with van der Waals surface area (Å²) in [5.41, 5.74) is 1.91. The van der Waals surface area contributed by atoms with Gasteiger partial charge in [0.15, 0.2) is 0 Å². The molecule has 0 aromatic heterocycles. The minimum atomic E-state index is 0.147. The maximum absolute atomic E-state index is 11.8. The average molecular weight is 303 g/mol. The van der Waals surface area contributed by atoms with Crippen LogP contribution < -0.4 is 16.0 Å². The van der Waals surface area contributed by atoms with Gasteiger partial charge < -0.3 is 20.7 Å². The Morgan fingerprint density at radius 1 is 1.41 bits per heavy atom. The van der Waals surface area contributed by atoms with Gasteiger partial charge in [-0.05, 0) is 44.4 Å². The van der Waals surface area contributed by atoms with E-state index < -0.39 is 0 Å². The molecule has 3 rings (SSSR count). The normalized spacial score (nSPS) is 22.9. The molecule has 1 aliphatic heterocycles. The minimum Gasteiger partial charge on any atom is -0.382 e. The van der Waals surface area contributed by atoms with Crippen LogP contribution >= 0.6 is 0 Å². The molecule has 22 heavy (non-hydrogen) atoms. The number of nitrogens with one attached hydrogen (secondary N) is 3. The topological polar surface area (TPSA) is 62.4 Å². The van der Waals surface area contributed by atoms with Crippen molar-refractivity contribution in [3.63, 3.8) is 0 Å². The van der Waals surface area contributed by atoms with Gasteiger partial charge in [-0.15, -0.1) is 0 Å². The molecular formula is C17H25N3O2. The number of carbonyl (C=O) groups excluding carboxylic acids is 1. The second-order valence-corrected chi connectivity index (χ2v) is 6.35. The fraction of sp³-hybridized carbons (Fsp3) is 0.588. The molecule has 120 valence electrons. The molecule has 1 heterocycles. The van der Waals surface area contributed by atoms with Gasteiger partial charge in [-0.3, -0.25) is 4.79 Å². The van der Waals surface area contributed by atoms with Crippen molar-refractivity contribution < 1.29 is 9.53 Å². The van der Waals surface area contributed by atoms with Gasteiger partial charge in [0.25, 0.3) is 0 Å². The number of hydrogen-bond acceptors (Lipinski definition) is 4. The Morgan fingerprint density at radius 2 is 2.23 bits per heavy atom. The Morgan fingerprint density at radius 3 is 2.95 bits per heavy atom. The third kappa shape index (κ3) is 4.45. The van der Waals surface area contributed by atoms with Crippen LogP contribution in [0.25, 0.3) is 0 Å². The van der Waals surface area contributed by atoms with E-state index in [4.69, 9.17) is 4.74 Å². The molecule has 2 fully saturated rings. The Hall–Kier alpha value is -1.59. The van der Waals surface area contributed by atoms with Crippen LogP contribution in [0.5, 0.6) is 0 Å². The zero-order chi connectivity index (χ0) is 15.4. The molecule has 1 saturated carbocycles. The van der Waals surface area contributed by atoms with E-state index in [1.165, 1.54) is 0 Å². The number of benzene rings is 1. The number of carbonyl (C=O) groups is 1. The summed E-state index contributed by atoms with van der Waals surface area (Å²) < 4.78 is 5.49. The summed E-state index contributed by atoms with van der Waals surface area (Å²) in [5, 5.41) is 9.96. The molecule has 1 amide bonds. The summed E-state index contributed by atoms with van der Waals surface area (Å²) in [5.74, 6) is 0.377. The van der Waals surface area contributed by atoms with E-state index in [2.05, 4.69) is 22.9 Å². The lowest BCUT2D eigenvalue weighted by Crippen LogP contribution is -2.43. The Bertz CT molecular complexity index is 510. The molecular weight excluding hydrogens is 278 g/mol. The minimum absolute atomic E-state index is 0.147. The van der Waals surface area contributed by atoms with Gasteiger partial charge in [0.1, 0.15) is 0 Å². The van der Waals surface area contributed by atoms with Gasteiger partial charge in [0, 0.05) is 35.9 Å². The lowest BCUT2D eigenvalue weighted by atomic mass is 10.1. The summed E-state index contributed by atoms with van der Waals surface area (Å²) in [6, 6.07) is 8.70. The first kappa shape index (κ1) is 15.3. The summed E-state index contributed by atoms with van der Waals surface area (Å²) in [6.45, 7) is 4.69. The van der Waals surface area contributed by atoms with Crippen molar-refractivity contribution in [2.24, 2.45) is 5.92 Å². The Balaban J connectivity index is 1.51. The molecule has 1 aromatic carbocycles. The van der Waals surface area contributed by atoms with Crippen molar-refractivity contribution in [3.8, 4) is 0 Å². The van der Waals surface area contributed by atoms with Gasteiger partial charge in [-0.2, -0.15) is 0 Å². The van der Waals surface area contributed by atoms with Gasteiger partial charge >= 0.3 is 0 Å². The molecule has 5 nitrogen and oxygen atoms in total. The maximum Gasteiger partial charge on any atom is 0.227 e. The van der Waals surface area contributed by atoms with Crippen molar-refractivity contribution in [2.75, 3.05) is 30.4 Å². The van der Waals surface area contributed by atoms with Crippen molar-refractivity contribution in [1.82, 2.24) is 5.32 Å². The highest BCUT2D eigenvalue weighted by Crippen LogP contribution is 2.30. The predicted molar refractivity (Wildman–Crippen MR) is 88.1 cm³/mol. The molecule has 2 unspecified atom stereocenters. The summed E-state index contributed by atoms with van der Waals surface area (Å²) in [6.07, 6.45) is 3.06. The number of rotatable bonds is 6. The van der Waals surface area contributed by atoms with E-state index in [9.17, 15) is 4.79 Å². The van der Waals surface area contributed by atoms with Crippen LogP contribution in [0.1, 0.15) is 26.2 Å². The zero-order valence-corrected chi connectivity index (χ0v) is 13.1. The fourth-order valence-electron chi connectivity index (χ4n) is 2.82. The standard InChI is InChI=1S/C17H25N3O2/c1-12(9-16-11-22-8-7-18-16)19-14-3-2-4-15(10-14)20-17(21)13-5-6-13/h2-4,10,12-13,16,18-19H,5-9,11H2,1H3,(H,20,21). The van der Waals surface area contributed by atoms with Crippen LogP contribution in [0.4, 0.5) is 11.4 Å². The highest BCUT2D eigenvalue weighted by molar-refractivity contribution is 5.94. The van der Waals surface area contributed by atoms with E-state index in [1.807, 2.05) is 24.3 Å². The van der Waals surface area contributed by atoms with Gasteiger partial charge in [-0.1, -0.05) is 6.07 Å². The molecule has 1 aromatic rings. The maximum atomic E-state index is 11.8. The SMILES string of the molecule is CC(CC1COCCN1)Nc1cccc(NC(=O)C2CC2)c1. The van der Waals surface area contributed by atoms with Crippen molar-refractivity contribution >= 4 is 17.3 Å².